The maximum atomic E-state index is 12.7. The van der Waals surface area contributed by atoms with E-state index < -0.39 is 0 Å². The highest BCUT2D eigenvalue weighted by atomic mass is 16.2. The average Bonchev–Trinajstić information content (AvgIpc) is 3.08. The third kappa shape index (κ3) is 3.97. The van der Waals surface area contributed by atoms with E-state index in [-0.39, 0.29) is 18.5 Å². The fourth-order valence-electron chi connectivity index (χ4n) is 3.09. The molecule has 1 unspecified atom stereocenters. The van der Waals surface area contributed by atoms with Crippen LogP contribution < -0.4 is 4.90 Å². The topological polar surface area (TPSA) is 78.0 Å². The fourth-order valence-corrected chi connectivity index (χ4v) is 3.09. The lowest BCUT2D eigenvalue weighted by Crippen LogP contribution is -2.45. The van der Waals surface area contributed by atoms with E-state index in [1.807, 2.05) is 46.9 Å². The fraction of sp³-hybridized carbons (Fsp3) is 0.444. The summed E-state index contributed by atoms with van der Waals surface area (Å²) in [4.78, 5) is 20.6. The Labute approximate surface area is 147 Å². The van der Waals surface area contributed by atoms with Crippen LogP contribution in [0.4, 0.5) is 5.82 Å². The average molecular weight is 338 g/mol. The summed E-state index contributed by atoms with van der Waals surface area (Å²) in [5.74, 6) is 0.769. The molecule has 0 N–H and O–H groups in total. The van der Waals surface area contributed by atoms with Crippen LogP contribution in [-0.2, 0) is 4.79 Å². The van der Waals surface area contributed by atoms with E-state index in [4.69, 9.17) is 5.26 Å². The van der Waals surface area contributed by atoms with Gasteiger partial charge in [0.1, 0.15) is 11.9 Å². The number of likely N-dealkylation sites (tertiary alicyclic amines) is 1. The highest BCUT2D eigenvalue weighted by Crippen LogP contribution is 2.21. The SMILES string of the molecule is Cc1cnn(C2CCCN(C(=O)CN(C)c3ccc(C#N)cn3)C2)c1. The molecule has 3 rings (SSSR count). The molecule has 3 heterocycles. The highest BCUT2D eigenvalue weighted by molar-refractivity contribution is 5.81. The van der Waals surface area contributed by atoms with Crippen molar-refractivity contribution in [3.63, 3.8) is 0 Å². The number of aryl methyl sites for hydroxylation is 1. The number of anilines is 1. The molecular formula is C18H22N6O. The first-order valence-corrected chi connectivity index (χ1v) is 8.42. The number of pyridine rings is 1. The van der Waals surface area contributed by atoms with Crippen LogP contribution in [0, 0.1) is 18.3 Å². The lowest BCUT2D eigenvalue weighted by atomic mass is 10.1. The molecule has 0 aromatic carbocycles. The van der Waals surface area contributed by atoms with Gasteiger partial charge < -0.3 is 9.80 Å². The minimum Gasteiger partial charge on any atom is -0.350 e. The third-order valence-electron chi connectivity index (χ3n) is 4.49. The number of aromatic nitrogens is 3. The van der Waals surface area contributed by atoms with Gasteiger partial charge >= 0.3 is 0 Å². The van der Waals surface area contributed by atoms with E-state index in [2.05, 4.69) is 10.1 Å². The number of hydrogen-bond acceptors (Lipinski definition) is 5. The molecule has 25 heavy (non-hydrogen) atoms. The van der Waals surface area contributed by atoms with E-state index in [9.17, 15) is 4.79 Å². The van der Waals surface area contributed by atoms with Crippen LogP contribution in [0.2, 0.25) is 0 Å². The van der Waals surface area contributed by atoms with Crippen molar-refractivity contribution in [2.75, 3.05) is 31.6 Å². The second-order valence-corrected chi connectivity index (χ2v) is 6.51. The molecule has 2 aromatic rings. The van der Waals surface area contributed by atoms with Gasteiger partial charge in [-0.1, -0.05) is 0 Å². The highest BCUT2D eigenvalue weighted by Gasteiger charge is 2.25. The van der Waals surface area contributed by atoms with Crippen LogP contribution in [0.5, 0.6) is 0 Å². The minimum atomic E-state index is 0.0854. The second kappa shape index (κ2) is 7.34. The number of carbonyl (C=O) groups is 1. The number of nitrogens with zero attached hydrogens (tertiary/aromatic N) is 6. The first kappa shape index (κ1) is 17.0. The second-order valence-electron chi connectivity index (χ2n) is 6.51. The van der Waals surface area contributed by atoms with Gasteiger partial charge in [-0.3, -0.25) is 9.48 Å². The van der Waals surface area contributed by atoms with Crippen LogP contribution >= 0.6 is 0 Å². The number of amides is 1. The normalized spacial score (nSPS) is 17.2. The summed E-state index contributed by atoms with van der Waals surface area (Å²) in [5, 5.41) is 13.2. The molecule has 1 saturated heterocycles. The summed E-state index contributed by atoms with van der Waals surface area (Å²) in [6.45, 7) is 3.76. The standard InChI is InChI=1S/C18H22N6O/c1-14-9-21-24(11-14)16-4-3-7-23(12-16)18(25)13-22(2)17-6-5-15(8-19)10-20-17/h5-6,9-11,16H,3-4,7,12-13H2,1-2H3. The largest absolute Gasteiger partial charge is 0.350 e. The van der Waals surface area contributed by atoms with Crippen molar-refractivity contribution in [1.82, 2.24) is 19.7 Å². The molecule has 0 spiro atoms. The van der Waals surface area contributed by atoms with E-state index in [1.54, 1.807) is 12.1 Å². The van der Waals surface area contributed by atoms with Crippen LogP contribution in [0.25, 0.3) is 0 Å². The van der Waals surface area contributed by atoms with E-state index in [0.717, 1.165) is 24.9 Å². The molecule has 2 aromatic heterocycles. The number of nitriles is 1. The van der Waals surface area contributed by atoms with E-state index in [1.165, 1.54) is 6.20 Å². The zero-order valence-corrected chi connectivity index (χ0v) is 14.6. The number of rotatable bonds is 4. The zero-order chi connectivity index (χ0) is 17.8. The van der Waals surface area contributed by atoms with Gasteiger partial charge in [0.15, 0.2) is 0 Å². The Balaban J connectivity index is 1.61. The number of hydrogen-bond donors (Lipinski definition) is 0. The van der Waals surface area contributed by atoms with Gasteiger partial charge in [-0.05, 0) is 37.5 Å². The number of likely N-dealkylation sites (N-methyl/N-ethyl adjacent to an activating group) is 1. The third-order valence-corrected chi connectivity index (χ3v) is 4.49. The number of carbonyl (C=O) groups excluding carboxylic acids is 1. The summed E-state index contributed by atoms with van der Waals surface area (Å²) in [5.41, 5.74) is 1.65. The van der Waals surface area contributed by atoms with Crippen molar-refractivity contribution in [1.29, 1.82) is 5.26 Å². The molecule has 1 aliphatic rings. The Morgan fingerprint density at radius 3 is 2.92 bits per heavy atom. The van der Waals surface area contributed by atoms with Crippen LogP contribution in [-0.4, -0.2) is 52.3 Å². The van der Waals surface area contributed by atoms with Crippen molar-refractivity contribution in [3.05, 3.63) is 41.9 Å². The predicted octanol–water partition coefficient (Wildman–Crippen LogP) is 1.76. The molecule has 0 saturated carbocycles. The molecule has 0 radical (unpaired) electrons. The van der Waals surface area contributed by atoms with Gasteiger partial charge in [0.2, 0.25) is 5.91 Å². The lowest BCUT2D eigenvalue weighted by Gasteiger charge is -2.34. The Morgan fingerprint density at radius 1 is 1.44 bits per heavy atom. The van der Waals surface area contributed by atoms with Crippen LogP contribution in [0.3, 0.4) is 0 Å². The summed E-state index contributed by atoms with van der Waals surface area (Å²) in [6, 6.07) is 5.75. The summed E-state index contributed by atoms with van der Waals surface area (Å²) < 4.78 is 1.97. The Bertz CT molecular complexity index is 776. The van der Waals surface area contributed by atoms with Crippen molar-refractivity contribution in [3.8, 4) is 6.07 Å². The molecule has 1 fully saturated rings. The first-order chi connectivity index (χ1) is 12.1. The maximum Gasteiger partial charge on any atom is 0.242 e. The summed E-state index contributed by atoms with van der Waals surface area (Å²) >= 11 is 0. The molecule has 7 nitrogen and oxygen atoms in total. The minimum absolute atomic E-state index is 0.0854. The monoisotopic (exact) mass is 338 g/mol. The lowest BCUT2D eigenvalue weighted by molar-refractivity contribution is -0.131. The van der Waals surface area contributed by atoms with Crippen LogP contribution in [0.15, 0.2) is 30.7 Å². The summed E-state index contributed by atoms with van der Waals surface area (Å²) in [6.07, 6.45) is 7.43. The maximum absolute atomic E-state index is 12.7. The van der Waals surface area contributed by atoms with Gasteiger partial charge in [0.05, 0.1) is 24.3 Å². The Kier molecular flexibility index (Phi) is 4.98. The Hall–Kier alpha value is -2.88. The molecule has 0 aliphatic carbocycles. The molecule has 1 atom stereocenters. The van der Waals surface area contributed by atoms with Crippen LogP contribution in [0.1, 0.15) is 30.0 Å². The van der Waals surface area contributed by atoms with Crippen molar-refractivity contribution < 1.29 is 4.79 Å². The molecule has 0 bridgehead atoms. The summed E-state index contributed by atoms with van der Waals surface area (Å²) in [7, 11) is 1.84. The van der Waals surface area contributed by atoms with Gasteiger partial charge in [-0.2, -0.15) is 10.4 Å². The van der Waals surface area contributed by atoms with Crippen molar-refractivity contribution in [2.45, 2.75) is 25.8 Å². The van der Waals surface area contributed by atoms with Gasteiger partial charge in [-0.15, -0.1) is 0 Å². The smallest absolute Gasteiger partial charge is 0.242 e. The predicted molar refractivity (Wildman–Crippen MR) is 94.0 cm³/mol. The quantitative estimate of drug-likeness (QED) is 0.849. The number of piperidine rings is 1. The zero-order valence-electron chi connectivity index (χ0n) is 14.6. The molecule has 7 heteroatoms. The van der Waals surface area contributed by atoms with Gasteiger partial charge in [-0.25, -0.2) is 4.98 Å². The first-order valence-electron chi connectivity index (χ1n) is 8.42. The van der Waals surface area contributed by atoms with E-state index >= 15 is 0 Å². The van der Waals surface area contributed by atoms with Gasteiger partial charge in [0.25, 0.3) is 0 Å². The molecular weight excluding hydrogens is 316 g/mol. The van der Waals surface area contributed by atoms with Gasteiger partial charge in [0, 0.05) is 32.5 Å². The molecule has 1 aliphatic heterocycles. The Morgan fingerprint density at radius 2 is 2.28 bits per heavy atom. The van der Waals surface area contributed by atoms with Crippen molar-refractivity contribution in [2.24, 2.45) is 0 Å². The molecule has 1 amide bonds. The van der Waals surface area contributed by atoms with E-state index in [0.29, 0.717) is 17.9 Å². The molecule has 130 valence electrons. The van der Waals surface area contributed by atoms with Crippen molar-refractivity contribution >= 4 is 11.7 Å².